The minimum Gasteiger partial charge on any atom is -0.394 e. The molecule has 1 spiro atoms. The lowest BCUT2D eigenvalue weighted by molar-refractivity contribution is -0.390. The van der Waals surface area contributed by atoms with Crippen molar-refractivity contribution in [2.75, 3.05) is 19.8 Å². The van der Waals surface area contributed by atoms with Crippen LogP contribution in [0.2, 0.25) is 0 Å². The molecular weight excluding hydrogens is 784 g/mol. The first kappa shape index (κ1) is 44.3. The fourth-order valence-electron chi connectivity index (χ4n) is 13.7. The quantitative estimate of drug-likeness (QED) is 0.166. The number of hydrogen-bond donors (Lipinski definition) is 8. The molecule has 0 aromatic rings. The Bertz CT molecular complexity index is 1560. The standard InChI is InChI=1S/C44H70O16/c1-19-8-13-44(54-17-19)20(2)30-28(60-44)15-26-24-7-6-22-14-23(9-11-42(22,4)25(24)10-12-43(26,30)5)56-41-38(59-40-36(52)34(50)31(47)21(3)55-40)37(33(49)29(16-45)57-41)58-39-35(51)32(48)27(46)18-53-39/h6,19-21,23-41,45-52H,7-18H2,1-5H3/t19?,20?,21?,23?,24?,25?,26?,27?,28?,29?,30?,31?,32?,33?,34?,35?,36?,37?,38?,39?,40?,41?,42-,43-,44+/m0/s1. The van der Waals surface area contributed by atoms with Gasteiger partial charge < -0.3 is 78.7 Å². The van der Waals surface area contributed by atoms with Crippen LogP contribution in [0.1, 0.15) is 92.4 Å². The van der Waals surface area contributed by atoms with Crippen molar-refractivity contribution in [3.05, 3.63) is 11.6 Å². The third-order valence-electron chi connectivity index (χ3n) is 17.3. The highest BCUT2D eigenvalue weighted by Gasteiger charge is 2.69. The molecule has 5 saturated heterocycles. The summed E-state index contributed by atoms with van der Waals surface area (Å²) in [6, 6.07) is 0. The van der Waals surface area contributed by atoms with E-state index in [9.17, 15) is 40.9 Å². The second-order valence-corrected chi connectivity index (χ2v) is 20.6. The number of ether oxygens (including phenoxy) is 8. The number of fused-ring (bicyclic) bond motifs is 7. The lowest BCUT2D eigenvalue weighted by atomic mass is 9.47. The number of aliphatic hydroxyl groups excluding tert-OH is 8. The molecule has 9 rings (SSSR count). The summed E-state index contributed by atoms with van der Waals surface area (Å²) in [5.74, 6) is 2.62. The van der Waals surface area contributed by atoms with Crippen LogP contribution in [0, 0.1) is 46.3 Å². The van der Waals surface area contributed by atoms with Gasteiger partial charge in [0, 0.05) is 12.3 Å². The van der Waals surface area contributed by atoms with Gasteiger partial charge in [0.2, 0.25) is 0 Å². The third kappa shape index (κ3) is 7.19. The van der Waals surface area contributed by atoms with Crippen molar-refractivity contribution in [2.45, 2.75) is 196 Å². The molecule has 5 heterocycles. The molecule has 60 heavy (non-hydrogen) atoms. The van der Waals surface area contributed by atoms with E-state index in [0.717, 1.165) is 45.1 Å². The molecule has 8 fully saturated rings. The van der Waals surface area contributed by atoms with Crippen LogP contribution >= 0.6 is 0 Å². The predicted octanol–water partition coefficient (Wildman–Crippen LogP) is 0.853. The Kier molecular flexibility index (Phi) is 12.2. The van der Waals surface area contributed by atoms with Gasteiger partial charge in [0.1, 0.15) is 61.0 Å². The first-order chi connectivity index (χ1) is 28.5. The highest BCUT2D eigenvalue weighted by Crippen LogP contribution is 2.70. The van der Waals surface area contributed by atoms with E-state index in [1.807, 2.05) is 0 Å². The fraction of sp³-hybridized carbons (Fsp3) is 0.955. The molecular formula is C44H70O16. The van der Waals surface area contributed by atoms with E-state index in [1.54, 1.807) is 0 Å². The van der Waals surface area contributed by atoms with Crippen molar-refractivity contribution in [3.63, 3.8) is 0 Å². The number of allylic oxidation sites excluding steroid dienone is 1. The van der Waals surface area contributed by atoms with Crippen molar-refractivity contribution in [3.8, 4) is 0 Å². The van der Waals surface area contributed by atoms with E-state index in [0.29, 0.717) is 48.3 Å². The minimum absolute atomic E-state index is 0.0239. The topological polar surface area (TPSA) is 236 Å². The molecule has 16 heteroatoms. The molecule has 16 nitrogen and oxygen atoms in total. The zero-order valence-corrected chi connectivity index (χ0v) is 35.6. The molecule has 4 aliphatic carbocycles. The van der Waals surface area contributed by atoms with Crippen LogP contribution < -0.4 is 0 Å². The maximum Gasteiger partial charge on any atom is 0.187 e. The van der Waals surface area contributed by atoms with Crippen molar-refractivity contribution in [2.24, 2.45) is 46.3 Å². The number of hydrogen-bond acceptors (Lipinski definition) is 16. The van der Waals surface area contributed by atoms with Crippen LogP contribution in [0.5, 0.6) is 0 Å². The average Bonchev–Trinajstić information content (AvgIpc) is 3.68. The summed E-state index contributed by atoms with van der Waals surface area (Å²) < 4.78 is 50.1. The van der Waals surface area contributed by atoms with Gasteiger partial charge in [-0.2, -0.15) is 0 Å². The molecule has 25 atom stereocenters. The lowest BCUT2D eigenvalue weighted by Gasteiger charge is -2.59. The summed E-state index contributed by atoms with van der Waals surface area (Å²) in [7, 11) is 0. The maximum absolute atomic E-state index is 11.5. The van der Waals surface area contributed by atoms with E-state index in [1.165, 1.54) is 18.9 Å². The Labute approximate surface area is 352 Å². The minimum atomic E-state index is -1.72. The van der Waals surface area contributed by atoms with E-state index in [2.05, 4.69) is 33.8 Å². The first-order valence-corrected chi connectivity index (χ1v) is 22.8. The van der Waals surface area contributed by atoms with E-state index < -0.39 is 98.4 Å². The van der Waals surface area contributed by atoms with Gasteiger partial charge in [-0.05, 0) is 98.7 Å². The summed E-state index contributed by atoms with van der Waals surface area (Å²) in [6.07, 6.45) is -9.49. The maximum atomic E-state index is 11.5. The van der Waals surface area contributed by atoms with Gasteiger partial charge in [-0.15, -0.1) is 0 Å². The van der Waals surface area contributed by atoms with Gasteiger partial charge >= 0.3 is 0 Å². The molecule has 9 aliphatic rings. The molecule has 0 aromatic heterocycles. The van der Waals surface area contributed by atoms with Crippen molar-refractivity contribution < 1.29 is 78.7 Å². The summed E-state index contributed by atoms with van der Waals surface area (Å²) in [5, 5.41) is 85.1. The van der Waals surface area contributed by atoms with Gasteiger partial charge in [-0.3, -0.25) is 0 Å². The molecule has 0 bridgehead atoms. The SMILES string of the molecule is CC1CC[C@@]2(OC1)OC1CC3C4CC=C5CC(OC6OC(CO)C(O)C(OC7OCC(O)C(O)C7O)C6OC6OC(C)C(O)C(O)C6O)CC[C@]5(C)C4CC[C@]3(C)C1C2C. The molecule has 342 valence electrons. The highest BCUT2D eigenvalue weighted by atomic mass is 16.8. The predicted molar refractivity (Wildman–Crippen MR) is 208 cm³/mol. The third-order valence-corrected chi connectivity index (χ3v) is 17.3. The van der Waals surface area contributed by atoms with Gasteiger partial charge in [0.25, 0.3) is 0 Å². The lowest BCUT2D eigenvalue weighted by Crippen LogP contribution is -2.66. The molecule has 0 radical (unpaired) electrons. The summed E-state index contributed by atoms with van der Waals surface area (Å²) >= 11 is 0. The monoisotopic (exact) mass is 854 g/mol. The van der Waals surface area contributed by atoms with E-state index in [4.69, 9.17) is 37.9 Å². The molecule has 3 saturated carbocycles. The van der Waals surface area contributed by atoms with Crippen molar-refractivity contribution in [1.29, 1.82) is 0 Å². The summed E-state index contributed by atoms with van der Waals surface area (Å²) in [5.41, 5.74) is 1.52. The second-order valence-electron chi connectivity index (χ2n) is 20.6. The average molecular weight is 855 g/mol. The second kappa shape index (κ2) is 16.5. The van der Waals surface area contributed by atoms with Crippen LogP contribution in [0.25, 0.3) is 0 Å². The van der Waals surface area contributed by atoms with Crippen molar-refractivity contribution >= 4 is 0 Å². The van der Waals surface area contributed by atoms with E-state index >= 15 is 0 Å². The molecule has 0 amide bonds. The normalized spacial score (nSPS) is 57.9. The van der Waals surface area contributed by atoms with Gasteiger partial charge in [-0.25, -0.2) is 0 Å². The van der Waals surface area contributed by atoms with Crippen LogP contribution in [-0.4, -0.2) is 165 Å². The zero-order chi connectivity index (χ0) is 42.6. The van der Waals surface area contributed by atoms with Gasteiger partial charge in [0.05, 0.1) is 38.1 Å². The van der Waals surface area contributed by atoms with Gasteiger partial charge in [-0.1, -0.05) is 39.3 Å². The van der Waals surface area contributed by atoms with Crippen molar-refractivity contribution in [1.82, 2.24) is 0 Å². The van der Waals surface area contributed by atoms with Crippen LogP contribution in [0.3, 0.4) is 0 Å². The van der Waals surface area contributed by atoms with Crippen LogP contribution in [0.15, 0.2) is 11.6 Å². The Morgan fingerprint density at radius 2 is 1.48 bits per heavy atom. The van der Waals surface area contributed by atoms with Crippen LogP contribution in [-0.2, 0) is 37.9 Å². The van der Waals surface area contributed by atoms with Crippen LogP contribution in [0.4, 0.5) is 0 Å². The number of aliphatic hydroxyl groups is 8. The Morgan fingerprint density at radius 1 is 0.733 bits per heavy atom. The molecule has 0 aromatic carbocycles. The van der Waals surface area contributed by atoms with Gasteiger partial charge in [0.15, 0.2) is 24.7 Å². The smallest absolute Gasteiger partial charge is 0.187 e. The Hall–Kier alpha value is -0.900. The van der Waals surface area contributed by atoms with E-state index in [-0.39, 0.29) is 29.6 Å². The number of rotatable bonds is 7. The zero-order valence-electron chi connectivity index (χ0n) is 35.6. The Balaban J connectivity index is 0.932. The first-order valence-electron chi connectivity index (χ1n) is 22.8. The highest BCUT2D eigenvalue weighted by molar-refractivity contribution is 5.26. The largest absolute Gasteiger partial charge is 0.394 e. The molecule has 8 N–H and O–H groups in total. The summed E-state index contributed by atoms with van der Waals surface area (Å²) in [6.45, 7) is 10.9. The molecule has 22 unspecified atom stereocenters. The Morgan fingerprint density at radius 3 is 2.22 bits per heavy atom. The fourth-order valence-corrected chi connectivity index (χ4v) is 13.7. The summed E-state index contributed by atoms with van der Waals surface area (Å²) in [4.78, 5) is 0. The molecule has 5 aliphatic heterocycles.